The zero-order chi connectivity index (χ0) is 11.4. The van der Waals surface area contributed by atoms with Crippen LogP contribution in [-0.4, -0.2) is 21.4 Å². The van der Waals surface area contributed by atoms with Crippen LogP contribution < -0.4 is 0 Å². The van der Waals surface area contributed by atoms with Crippen molar-refractivity contribution in [2.45, 2.75) is 42.7 Å². The van der Waals surface area contributed by atoms with Crippen LogP contribution in [0.25, 0.3) is 0 Å². The molecule has 1 aliphatic rings. The van der Waals surface area contributed by atoms with Crippen molar-refractivity contribution in [1.29, 1.82) is 0 Å². The first-order valence-corrected chi connectivity index (χ1v) is 7.43. The van der Waals surface area contributed by atoms with Crippen LogP contribution in [0.4, 0.5) is 0 Å². The van der Waals surface area contributed by atoms with Gasteiger partial charge >= 0.3 is 0 Å². The standard InChI is InChI=1S/C12H16BrNOS/c13-10-4-5-11(14-8-10)16-9-12(15)6-2-1-3-7-12/h4-5,8,15H,1-3,6-7,9H2. The molecular weight excluding hydrogens is 286 g/mol. The van der Waals surface area contributed by atoms with E-state index in [1.807, 2.05) is 12.1 Å². The van der Waals surface area contributed by atoms with Crippen molar-refractivity contribution in [3.8, 4) is 0 Å². The molecule has 1 saturated carbocycles. The Morgan fingerprint density at radius 3 is 2.69 bits per heavy atom. The summed E-state index contributed by atoms with van der Waals surface area (Å²) >= 11 is 5.02. The number of thioether (sulfide) groups is 1. The zero-order valence-electron chi connectivity index (χ0n) is 9.16. The molecule has 1 aliphatic carbocycles. The van der Waals surface area contributed by atoms with Gasteiger partial charge in [0.25, 0.3) is 0 Å². The Balaban J connectivity index is 1.88. The second kappa shape index (κ2) is 5.52. The van der Waals surface area contributed by atoms with Crippen LogP contribution in [0.3, 0.4) is 0 Å². The molecular formula is C12H16BrNOS. The molecule has 1 heterocycles. The van der Waals surface area contributed by atoms with Crippen LogP contribution in [0.5, 0.6) is 0 Å². The maximum Gasteiger partial charge on any atom is 0.0961 e. The van der Waals surface area contributed by atoms with Crippen molar-refractivity contribution in [3.63, 3.8) is 0 Å². The fourth-order valence-corrected chi connectivity index (χ4v) is 3.24. The molecule has 0 atom stereocenters. The summed E-state index contributed by atoms with van der Waals surface area (Å²) in [4.78, 5) is 4.30. The highest BCUT2D eigenvalue weighted by Gasteiger charge is 2.29. The largest absolute Gasteiger partial charge is 0.389 e. The van der Waals surface area contributed by atoms with Gasteiger partial charge in [-0.15, -0.1) is 11.8 Å². The van der Waals surface area contributed by atoms with E-state index in [0.717, 1.165) is 40.9 Å². The van der Waals surface area contributed by atoms with E-state index in [9.17, 15) is 5.11 Å². The third-order valence-corrected chi connectivity index (χ3v) is 4.66. The van der Waals surface area contributed by atoms with E-state index >= 15 is 0 Å². The Morgan fingerprint density at radius 1 is 1.31 bits per heavy atom. The first-order valence-electron chi connectivity index (χ1n) is 5.65. The summed E-state index contributed by atoms with van der Waals surface area (Å²) in [6.45, 7) is 0. The Morgan fingerprint density at radius 2 is 2.06 bits per heavy atom. The summed E-state index contributed by atoms with van der Waals surface area (Å²) in [5.41, 5.74) is -0.461. The highest BCUT2D eigenvalue weighted by atomic mass is 79.9. The molecule has 0 aromatic carbocycles. The van der Waals surface area contributed by atoms with Gasteiger partial charge in [0.1, 0.15) is 0 Å². The van der Waals surface area contributed by atoms with Crippen LogP contribution in [0, 0.1) is 0 Å². The second-order valence-electron chi connectivity index (χ2n) is 4.39. The molecule has 0 saturated heterocycles. The van der Waals surface area contributed by atoms with Gasteiger partial charge in [0, 0.05) is 16.4 Å². The summed E-state index contributed by atoms with van der Waals surface area (Å²) in [7, 11) is 0. The van der Waals surface area contributed by atoms with Crippen molar-refractivity contribution in [2.75, 3.05) is 5.75 Å². The summed E-state index contributed by atoms with van der Waals surface area (Å²) in [5.74, 6) is 0.766. The lowest BCUT2D eigenvalue weighted by Gasteiger charge is -2.31. The fraction of sp³-hybridized carbons (Fsp3) is 0.583. The van der Waals surface area contributed by atoms with E-state index in [1.54, 1.807) is 18.0 Å². The van der Waals surface area contributed by atoms with E-state index in [0.29, 0.717) is 0 Å². The van der Waals surface area contributed by atoms with Gasteiger partial charge in [0.2, 0.25) is 0 Å². The Kier molecular flexibility index (Phi) is 4.27. The van der Waals surface area contributed by atoms with Gasteiger partial charge in [-0.3, -0.25) is 0 Å². The summed E-state index contributed by atoms with van der Waals surface area (Å²) in [6.07, 6.45) is 7.26. The average molecular weight is 302 g/mol. The van der Waals surface area contributed by atoms with Gasteiger partial charge in [-0.25, -0.2) is 4.98 Å². The molecule has 0 aliphatic heterocycles. The lowest BCUT2D eigenvalue weighted by Crippen LogP contribution is -2.33. The van der Waals surface area contributed by atoms with Crippen LogP contribution in [0.15, 0.2) is 27.8 Å². The minimum absolute atomic E-state index is 0.461. The predicted molar refractivity (Wildman–Crippen MR) is 70.7 cm³/mol. The molecule has 0 bridgehead atoms. The summed E-state index contributed by atoms with van der Waals surface area (Å²) in [6, 6.07) is 3.97. The molecule has 1 aromatic heterocycles. The monoisotopic (exact) mass is 301 g/mol. The normalized spacial score (nSPS) is 19.6. The van der Waals surface area contributed by atoms with Crippen LogP contribution in [0.1, 0.15) is 32.1 Å². The smallest absolute Gasteiger partial charge is 0.0961 e. The highest BCUT2D eigenvalue weighted by molar-refractivity contribution is 9.10. The zero-order valence-corrected chi connectivity index (χ0v) is 11.6. The van der Waals surface area contributed by atoms with E-state index in [4.69, 9.17) is 0 Å². The highest BCUT2D eigenvalue weighted by Crippen LogP contribution is 2.33. The molecule has 0 amide bonds. The van der Waals surface area contributed by atoms with Gasteiger partial charge < -0.3 is 5.11 Å². The average Bonchev–Trinajstić information content (AvgIpc) is 2.29. The van der Waals surface area contributed by atoms with Crippen molar-refractivity contribution in [1.82, 2.24) is 4.98 Å². The number of aromatic nitrogens is 1. The van der Waals surface area contributed by atoms with Crippen molar-refractivity contribution < 1.29 is 5.11 Å². The van der Waals surface area contributed by atoms with Crippen LogP contribution in [-0.2, 0) is 0 Å². The Hall–Kier alpha value is -0.0600. The first-order chi connectivity index (χ1) is 7.68. The number of pyridine rings is 1. The SMILES string of the molecule is OC1(CSc2ccc(Br)cn2)CCCCC1. The van der Waals surface area contributed by atoms with E-state index in [-0.39, 0.29) is 0 Å². The van der Waals surface area contributed by atoms with Crippen LogP contribution >= 0.6 is 27.7 Å². The molecule has 1 N–H and O–H groups in total. The first kappa shape index (κ1) is 12.4. The van der Waals surface area contributed by atoms with E-state index in [1.165, 1.54) is 6.42 Å². The lowest BCUT2D eigenvalue weighted by atomic mass is 9.86. The molecule has 16 heavy (non-hydrogen) atoms. The molecule has 2 rings (SSSR count). The van der Waals surface area contributed by atoms with Gasteiger partial charge in [0.15, 0.2) is 0 Å². The third-order valence-electron chi connectivity index (χ3n) is 2.97. The van der Waals surface area contributed by atoms with E-state index < -0.39 is 5.60 Å². The molecule has 0 spiro atoms. The Labute approximate surface area is 109 Å². The van der Waals surface area contributed by atoms with Crippen molar-refractivity contribution >= 4 is 27.7 Å². The van der Waals surface area contributed by atoms with Gasteiger partial charge in [-0.2, -0.15) is 0 Å². The molecule has 0 unspecified atom stereocenters. The molecule has 1 aromatic rings. The predicted octanol–water partition coefficient (Wildman–Crippen LogP) is 3.63. The molecule has 0 radical (unpaired) electrons. The topological polar surface area (TPSA) is 33.1 Å². The fourth-order valence-electron chi connectivity index (χ4n) is 2.01. The van der Waals surface area contributed by atoms with Gasteiger partial charge in [-0.1, -0.05) is 19.3 Å². The lowest BCUT2D eigenvalue weighted by molar-refractivity contribution is 0.0272. The van der Waals surface area contributed by atoms with Crippen LogP contribution in [0.2, 0.25) is 0 Å². The summed E-state index contributed by atoms with van der Waals surface area (Å²) in [5, 5.41) is 11.3. The van der Waals surface area contributed by atoms with Gasteiger partial charge in [-0.05, 0) is 40.9 Å². The maximum atomic E-state index is 10.3. The third kappa shape index (κ3) is 3.47. The number of rotatable bonds is 3. The van der Waals surface area contributed by atoms with Crippen molar-refractivity contribution in [2.24, 2.45) is 0 Å². The number of hydrogen-bond acceptors (Lipinski definition) is 3. The minimum atomic E-state index is -0.461. The van der Waals surface area contributed by atoms with E-state index in [2.05, 4.69) is 20.9 Å². The minimum Gasteiger partial charge on any atom is -0.389 e. The molecule has 4 heteroatoms. The number of aliphatic hydroxyl groups is 1. The summed E-state index contributed by atoms with van der Waals surface area (Å²) < 4.78 is 0.994. The van der Waals surface area contributed by atoms with Gasteiger partial charge in [0.05, 0.1) is 10.6 Å². The maximum absolute atomic E-state index is 10.3. The second-order valence-corrected chi connectivity index (χ2v) is 6.30. The Bertz CT molecular complexity index is 335. The molecule has 2 nitrogen and oxygen atoms in total. The quantitative estimate of drug-likeness (QED) is 0.866. The number of nitrogens with zero attached hydrogens (tertiary/aromatic N) is 1. The number of halogens is 1. The van der Waals surface area contributed by atoms with Crippen molar-refractivity contribution in [3.05, 3.63) is 22.8 Å². The molecule has 1 fully saturated rings. The number of hydrogen-bond donors (Lipinski definition) is 1. The molecule has 88 valence electrons.